The number of nitrogens with one attached hydrogen (secondary N) is 2. The molecule has 3 amide bonds. The van der Waals surface area contributed by atoms with E-state index in [9.17, 15) is 19.2 Å². The summed E-state index contributed by atoms with van der Waals surface area (Å²) in [5.41, 5.74) is 10.1. The molecule has 0 fully saturated rings. The van der Waals surface area contributed by atoms with Crippen LogP contribution in [0.4, 0.5) is 11.9 Å². The largest absolute Gasteiger partial charge is 0.491 e. The average molecular weight is 642 g/mol. The second-order valence-electron chi connectivity index (χ2n) is 10.8. The normalized spacial score (nSPS) is 11.4. The third-order valence-electron chi connectivity index (χ3n) is 7.37. The SMILES string of the molecule is CCn1nc(C)cc1C(=O)Nc1nc2cc(C(N)=O)ccc2n1C/C=C/Cn1c(NC=O)nc2cc(C)cc(OCCCC(=O)O)c21. The maximum Gasteiger partial charge on any atom is 0.303 e. The van der Waals surface area contributed by atoms with E-state index in [4.69, 9.17) is 15.6 Å². The Labute approximate surface area is 269 Å². The number of aliphatic carboxylic acids is 1. The number of rotatable bonds is 15. The maximum absolute atomic E-state index is 13.3. The van der Waals surface area contributed by atoms with Crippen LogP contribution in [0.1, 0.15) is 51.9 Å². The summed E-state index contributed by atoms with van der Waals surface area (Å²) in [5, 5.41) is 18.9. The van der Waals surface area contributed by atoms with Gasteiger partial charge < -0.3 is 24.7 Å². The first-order valence-electron chi connectivity index (χ1n) is 15.0. The number of aromatic nitrogens is 6. The Bertz CT molecular complexity index is 2020. The Balaban J connectivity index is 1.45. The number of aryl methyl sites for hydroxylation is 3. The summed E-state index contributed by atoms with van der Waals surface area (Å²) in [6, 6.07) is 10.3. The van der Waals surface area contributed by atoms with Gasteiger partial charge in [0.25, 0.3) is 5.91 Å². The van der Waals surface area contributed by atoms with Gasteiger partial charge >= 0.3 is 5.97 Å². The summed E-state index contributed by atoms with van der Waals surface area (Å²) in [4.78, 5) is 56.7. The van der Waals surface area contributed by atoms with E-state index in [1.807, 2.05) is 45.1 Å². The molecule has 3 aromatic heterocycles. The standard InChI is InChI=1S/C32H35N9O6/c1-4-41-25(16-20(3)38-41)30(46)37-32-35-22-17-21(29(33)45)9-10-24(22)39(32)11-5-6-12-40-28-23(36-31(40)34-18-42)14-19(2)15-26(28)47-13-7-8-27(43)44/h5-6,9-10,14-18H,4,7-8,11-13H2,1-3H3,(H2,33,45)(H,43,44)(H,34,36,42)(H,35,37,46)/b6-5+. The van der Waals surface area contributed by atoms with Crippen molar-refractivity contribution >= 4 is 58.2 Å². The number of hydrogen-bond acceptors (Lipinski definition) is 8. The van der Waals surface area contributed by atoms with Crippen molar-refractivity contribution in [1.29, 1.82) is 0 Å². The second-order valence-corrected chi connectivity index (χ2v) is 10.8. The molecule has 15 heteroatoms. The van der Waals surface area contributed by atoms with Gasteiger partial charge in [-0.2, -0.15) is 5.10 Å². The van der Waals surface area contributed by atoms with E-state index in [0.29, 0.717) is 64.5 Å². The van der Waals surface area contributed by atoms with Gasteiger partial charge in [0.05, 0.1) is 28.9 Å². The Morgan fingerprint density at radius 1 is 1.00 bits per heavy atom. The number of amides is 3. The smallest absolute Gasteiger partial charge is 0.303 e. The van der Waals surface area contributed by atoms with Crippen molar-refractivity contribution in [3.05, 3.63) is 71.1 Å². The van der Waals surface area contributed by atoms with Gasteiger partial charge in [0.15, 0.2) is 0 Å². The number of ether oxygens (including phenoxy) is 1. The van der Waals surface area contributed by atoms with Crippen molar-refractivity contribution in [3.63, 3.8) is 0 Å². The molecule has 0 atom stereocenters. The number of nitrogens with two attached hydrogens (primary N) is 1. The van der Waals surface area contributed by atoms with Crippen molar-refractivity contribution in [2.45, 2.75) is 53.2 Å². The van der Waals surface area contributed by atoms with Crippen LogP contribution in [0.5, 0.6) is 5.75 Å². The van der Waals surface area contributed by atoms with E-state index in [1.165, 1.54) is 0 Å². The van der Waals surface area contributed by atoms with Crippen molar-refractivity contribution in [1.82, 2.24) is 28.9 Å². The van der Waals surface area contributed by atoms with Gasteiger partial charge in [-0.05, 0) is 69.2 Å². The van der Waals surface area contributed by atoms with Crippen LogP contribution in [0.15, 0.2) is 48.6 Å². The number of anilines is 2. The molecule has 0 radical (unpaired) electrons. The molecule has 3 heterocycles. The fourth-order valence-corrected chi connectivity index (χ4v) is 5.28. The molecular weight excluding hydrogens is 606 g/mol. The van der Waals surface area contributed by atoms with Crippen molar-refractivity contribution in [3.8, 4) is 5.75 Å². The molecule has 2 aromatic carbocycles. The lowest BCUT2D eigenvalue weighted by atomic mass is 10.2. The van der Waals surface area contributed by atoms with Gasteiger partial charge in [0, 0.05) is 31.6 Å². The molecule has 0 aliphatic carbocycles. The minimum Gasteiger partial charge on any atom is -0.491 e. The number of carboxylic acid groups (broad SMARTS) is 1. The Hall–Kier alpha value is -5.99. The highest BCUT2D eigenvalue weighted by molar-refractivity contribution is 6.03. The van der Waals surface area contributed by atoms with Crippen molar-refractivity contribution in [2.75, 3.05) is 17.2 Å². The number of hydrogen-bond donors (Lipinski definition) is 4. The highest BCUT2D eigenvalue weighted by Gasteiger charge is 2.19. The van der Waals surface area contributed by atoms with Crippen LogP contribution < -0.4 is 21.1 Å². The number of fused-ring (bicyclic) bond motifs is 2. The minimum atomic E-state index is -0.903. The molecular formula is C32H35N9O6. The average Bonchev–Trinajstić information content (AvgIpc) is 3.69. The lowest BCUT2D eigenvalue weighted by Gasteiger charge is -2.12. The van der Waals surface area contributed by atoms with E-state index in [-0.39, 0.29) is 43.5 Å². The van der Waals surface area contributed by atoms with E-state index in [2.05, 4.69) is 25.7 Å². The monoisotopic (exact) mass is 641 g/mol. The number of allylic oxidation sites excluding steroid dienone is 2. The number of primary amides is 1. The van der Waals surface area contributed by atoms with Crippen molar-refractivity contribution in [2.24, 2.45) is 5.73 Å². The van der Waals surface area contributed by atoms with Crippen LogP contribution in [0.2, 0.25) is 0 Å². The van der Waals surface area contributed by atoms with Gasteiger partial charge in [-0.25, -0.2) is 9.97 Å². The highest BCUT2D eigenvalue weighted by atomic mass is 16.5. The highest BCUT2D eigenvalue weighted by Crippen LogP contribution is 2.31. The molecule has 0 aliphatic heterocycles. The Morgan fingerprint density at radius 2 is 1.74 bits per heavy atom. The van der Waals surface area contributed by atoms with Crippen LogP contribution in [0.25, 0.3) is 22.1 Å². The van der Waals surface area contributed by atoms with Gasteiger partial charge in [-0.1, -0.05) is 12.2 Å². The lowest BCUT2D eigenvalue weighted by Crippen LogP contribution is -2.19. The number of imidazole rings is 2. The number of nitrogens with zero attached hydrogens (tertiary/aromatic N) is 6. The maximum atomic E-state index is 13.3. The molecule has 5 aromatic rings. The molecule has 5 rings (SSSR count). The Morgan fingerprint density at radius 3 is 2.45 bits per heavy atom. The van der Waals surface area contributed by atoms with Gasteiger partial charge in [-0.3, -0.25) is 34.5 Å². The lowest BCUT2D eigenvalue weighted by molar-refractivity contribution is -0.137. The molecule has 15 nitrogen and oxygen atoms in total. The number of carboxylic acids is 1. The quantitative estimate of drug-likeness (QED) is 0.0748. The molecule has 5 N–H and O–H groups in total. The molecule has 0 spiro atoms. The van der Waals surface area contributed by atoms with Crippen molar-refractivity contribution < 1.29 is 29.0 Å². The molecule has 0 saturated carbocycles. The summed E-state index contributed by atoms with van der Waals surface area (Å²) in [7, 11) is 0. The van der Waals surface area contributed by atoms with Crippen LogP contribution in [-0.4, -0.2) is 64.8 Å². The van der Waals surface area contributed by atoms with E-state index < -0.39 is 11.9 Å². The molecule has 244 valence electrons. The van der Waals surface area contributed by atoms with Crippen LogP contribution in [-0.2, 0) is 29.2 Å². The Kier molecular flexibility index (Phi) is 9.63. The predicted molar refractivity (Wildman–Crippen MR) is 175 cm³/mol. The fraction of sp³-hybridized carbons (Fsp3) is 0.281. The zero-order chi connectivity index (χ0) is 33.7. The number of benzene rings is 2. The third-order valence-corrected chi connectivity index (χ3v) is 7.37. The summed E-state index contributed by atoms with van der Waals surface area (Å²) in [5.74, 6) is -0.793. The first-order chi connectivity index (χ1) is 22.6. The topological polar surface area (TPSA) is 201 Å². The second kappa shape index (κ2) is 14.0. The third kappa shape index (κ3) is 7.13. The van der Waals surface area contributed by atoms with E-state index in [0.717, 1.165) is 5.56 Å². The van der Waals surface area contributed by atoms with Crippen LogP contribution in [0.3, 0.4) is 0 Å². The van der Waals surface area contributed by atoms with Gasteiger partial charge in [0.2, 0.25) is 24.2 Å². The molecule has 0 bridgehead atoms. The predicted octanol–water partition coefficient (Wildman–Crippen LogP) is 3.64. The van der Waals surface area contributed by atoms with Crippen LogP contribution >= 0.6 is 0 Å². The molecule has 0 unspecified atom stereocenters. The minimum absolute atomic E-state index is 0.0218. The fourth-order valence-electron chi connectivity index (χ4n) is 5.28. The zero-order valence-electron chi connectivity index (χ0n) is 26.2. The summed E-state index contributed by atoms with van der Waals surface area (Å²) in [6.07, 6.45) is 4.59. The first kappa shape index (κ1) is 32.4. The number of carbonyl (C=O) groups is 4. The summed E-state index contributed by atoms with van der Waals surface area (Å²) >= 11 is 0. The van der Waals surface area contributed by atoms with E-state index >= 15 is 0 Å². The molecule has 47 heavy (non-hydrogen) atoms. The first-order valence-corrected chi connectivity index (χ1v) is 15.0. The van der Waals surface area contributed by atoms with Gasteiger partial charge in [0.1, 0.15) is 17.0 Å². The van der Waals surface area contributed by atoms with Gasteiger partial charge in [-0.15, -0.1) is 0 Å². The molecule has 0 saturated heterocycles. The summed E-state index contributed by atoms with van der Waals surface area (Å²) in [6.45, 7) is 6.88. The van der Waals surface area contributed by atoms with Crippen LogP contribution in [0, 0.1) is 13.8 Å². The zero-order valence-corrected chi connectivity index (χ0v) is 26.2. The molecule has 0 aliphatic rings. The number of carbonyl (C=O) groups excluding carboxylic acids is 3. The summed E-state index contributed by atoms with van der Waals surface area (Å²) < 4.78 is 11.2. The van der Waals surface area contributed by atoms with E-state index in [1.54, 1.807) is 38.1 Å².